The quantitative estimate of drug-likeness (QED) is 0.0309. The molecule has 0 bridgehead atoms. The largest absolute Gasteiger partial charge is 0.469 e. The van der Waals surface area contributed by atoms with Crippen LogP contribution in [-0.2, 0) is 28.2 Å². The summed E-state index contributed by atoms with van der Waals surface area (Å²) in [6.07, 6.45) is 34.7. The fraction of sp³-hybridized carbons (Fsp3) is 0.833. The summed E-state index contributed by atoms with van der Waals surface area (Å²) in [6, 6.07) is 0. The molecule has 0 aromatic rings. The number of hydrogen-bond acceptors (Lipinski definition) is 6. The van der Waals surface area contributed by atoms with Crippen LogP contribution in [-0.4, -0.2) is 41.0 Å². The molecule has 45 heavy (non-hydrogen) atoms. The minimum absolute atomic E-state index is 0.201. The lowest BCUT2D eigenvalue weighted by Crippen LogP contribution is -2.29. The molecule has 0 unspecified atom stereocenters. The van der Waals surface area contributed by atoms with E-state index in [1.54, 1.807) is 0 Å². The second-order valence-corrected chi connectivity index (χ2v) is 13.4. The summed E-state index contributed by atoms with van der Waals surface area (Å²) in [5.74, 6) is -0.904. The molecule has 264 valence electrons. The predicted molar refractivity (Wildman–Crippen MR) is 184 cm³/mol. The lowest BCUT2D eigenvalue weighted by atomic mass is 10.1. The molecule has 0 aliphatic rings. The predicted octanol–water partition coefficient (Wildman–Crippen LogP) is 10.5. The highest BCUT2D eigenvalue weighted by atomic mass is 31.2. The van der Waals surface area contributed by atoms with Crippen molar-refractivity contribution in [2.75, 3.05) is 13.2 Å². The molecule has 9 heteroatoms. The van der Waals surface area contributed by atoms with Gasteiger partial charge in [0.1, 0.15) is 6.61 Å². The standard InChI is InChI=1S/C36H67O8P/c1-3-5-7-9-11-13-15-17-18-19-21-22-24-26-28-30-35(37)42-32-34(33-43-45(39,40)41)44-36(38)31-29-27-25-23-20-16-14-12-10-8-6-4-2/h12,14,17-18,34H,3-11,13,15-16,19-33H2,1-2H3,(H2,39,40,41)/b14-12+,18-17+/t34-/m1/s1. The molecule has 0 amide bonds. The molecule has 0 aromatic carbocycles. The van der Waals surface area contributed by atoms with Crippen molar-refractivity contribution < 1.29 is 37.9 Å². The maximum absolute atomic E-state index is 12.3. The Balaban J connectivity index is 4.00. The summed E-state index contributed by atoms with van der Waals surface area (Å²) >= 11 is 0. The Morgan fingerprint density at radius 2 is 0.933 bits per heavy atom. The topological polar surface area (TPSA) is 119 Å². The van der Waals surface area contributed by atoms with E-state index in [4.69, 9.17) is 19.3 Å². The first-order valence-electron chi connectivity index (χ1n) is 18.1. The summed E-state index contributed by atoms with van der Waals surface area (Å²) < 4.78 is 26.2. The van der Waals surface area contributed by atoms with Gasteiger partial charge in [0.15, 0.2) is 6.10 Å². The van der Waals surface area contributed by atoms with Gasteiger partial charge in [-0.1, -0.05) is 122 Å². The Labute approximate surface area is 275 Å². The molecule has 0 fully saturated rings. The van der Waals surface area contributed by atoms with Gasteiger partial charge in [-0.2, -0.15) is 0 Å². The summed E-state index contributed by atoms with van der Waals surface area (Å²) in [6.45, 7) is 3.62. The number of unbranched alkanes of at least 4 members (excludes halogenated alkanes) is 19. The second-order valence-electron chi connectivity index (χ2n) is 12.2. The maximum Gasteiger partial charge on any atom is 0.469 e. The Morgan fingerprint density at radius 1 is 0.556 bits per heavy atom. The third-order valence-electron chi connectivity index (χ3n) is 7.69. The number of carbonyl (C=O) groups excluding carboxylic acids is 2. The molecule has 1 atom stereocenters. The first-order valence-corrected chi connectivity index (χ1v) is 19.7. The van der Waals surface area contributed by atoms with E-state index in [1.807, 2.05) is 0 Å². The molecule has 2 N–H and O–H groups in total. The third-order valence-corrected chi connectivity index (χ3v) is 8.18. The Bertz CT molecular complexity index is 792. The lowest BCUT2D eigenvalue weighted by molar-refractivity contribution is -0.161. The molecule has 0 saturated carbocycles. The summed E-state index contributed by atoms with van der Waals surface area (Å²) in [5, 5.41) is 0. The first kappa shape index (κ1) is 43.5. The van der Waals surface area contributed by atoms with Crippen LogP contribution in [0.3, 0.4) is 0 Å². The van der Waals surface area contributed by atoms with Gasteiger partial charge in [0, 0.05) is 12.8 Å². The summed E-state index contributed by atoms with van der Waals surface area (Å²) in [4.78, 5) is 42.6. The molecule has 0 saturated heterocycles. The van der Waals surface area contributed by atoms with Crippen LogP contribution < -0.4 is 0 Å². The Kier molecular flexibility index (Phi) is 31.4. The number of phosphoric acid groups is 1. The zero-order chi connectivity index (χ0) is 33.3. The molecule has 0 heterocycles. The molecule has 0 aliphatic heterocycles. The van der Waals surface area contributed by atoms with Crippen LogP contribution in [0.4, 0.5) is 0 Å². The smallest absolute Gasteiger partial charge is 0.462 e. The lowest BCUT2D eigenvalue weighted by Gasteiger charge is -2.18. The fourth-order valence-electron chi connectivity index (χ4n) is 4.95. The second kappa shape index (κ2) is 32.5. The minimum Gasteiger partial charge on any atom is -0.462 e. The van der Waals surface area contributed by atoms with Gasteiger partial charge in [0.2, 0.25) is 0 Å². The molecular formula is C36H67O8P. The summed E-state index contributed by atoms with van der Waals surface area (Å²) in [5.41, 5.74) is 0. The van der Waals surface area contributed by atoms with Gasteiger partial charge >= 0.3 is 19.8 Å². The number of hydrogen-bond donors (Lipinski definition) is 2. The van der Waals surface area contributed by atoms with Crippen LogP contribution in [0.5, 0.6) is 0 Å². The first-order chi connectivity index (χ1) is 21.8. The van der Waals surface area contributed by atoms with E-state index in [1.165, 1.54) is 64.2 Å². The SMILES string of the molecule is CCCCC/C=C/CCCCCCCC(=O)O[C@H](COC(=O)CCCCCCC/C=C/CCCCCCCC)COP(=O)(O)O. The minimum atomic E-state index is -4.75. The number of rotatable bonds is 33. The van der Waals surface area contributed by atoms with Crippen molar-refractivity contribution in [1.82, 2.24) is 0 Å². The Morgan fingerprint density at radius 3 is 1.40 bits per heavy atom. The fourth-order valence-corrected chi connectivity index (χ4v) is 5.31. The van der Waals surface area contributed by atoms with E-state index in [9.17, 15) is 14.2 Å². The van der Waals surface area contributed by atoms with E-state index < -0.39 is 32.5 Å². The van der Waals surface area contributed by atoms with E-state index in [2.05, 4.69) is 42.7 Å². The van der Waals surface area contributed by atoms with Gasteiger partial charge in [-0.25, -0.2) is 4.57 Å². The highest BCUT2D eigenvalue weighted by molar-refractivity contribution is 7.46. The number of allylic oxidation sites excluding steroid dienone is 4. The average molecular weight is 659 g/mol. The molecule has 0 rings (SSSR count). The van der Waals surface area contributed by atoms with Crippen molar-refractivity contribution in [3.63, 3.8) is 0 Å². The maximum atomic E-state index is 12.3. The van der Waals surface area contributed by atoms with Crippen molar-refractivity contribution in [2.45, 2.75) is 180 Å². The van der Waals surface area contributed by atoms with Crippen LogP contribution in [0.1, 0.15) is 174 Å². The van der Waals surface area contributed by atoms with Crippen molar-refractivity contribution >= 4 is 19.8 Å². The van der Waals surface area contributed by atoms with Crippen LogP contribution in [0.25, 0.3) is 0 Å². The van der Waals surface area contributed by atoms with Crippen LogP contribution >= 0.6 is 7.82 Å². The molecular weight excluding hydrogens is 591 g/mol. The number of carbonyl (C=O) groups is 2. The van der Waals surface area contributed by atoms with E-state index in [0.717, 1.165) is 70.6 Å². The molecule has 0 radical (unpaired) electrons. The van der Waals surface area contributed by atoms with Crippen molar-refractivity contribution in [3.05, 3.63) is 24.3 Å². The van der Waals surface area contributed by atoms with E-state index >= 15 is 0 Å². The van der Waals surface area contributed by atoms with Crippen LogP contribution in [0.15, 0.2) is 24.3 Å². The van der Waals surface area contributed by atoms with Gasteiger partial charge < -0.3 is 19.3 Å². The third kappa shape index (κ3) is 35.2. The van der Waals surface area contributed by atoms with Gasteiger partial charge in [-0.15, -0.1) is 0 Å². The average Bonchev–Trinajstić information content (AvgIpc) is 3.00. The van der Waals surface area contributed by atoms with Crippen molar-refractivity contribution in [2.24, 2.45) is 0 Å². The number of esters is 2. The zero-order valence-electron chi connectivity index (χ0n) is 28.8. The van der Waals surface area contributed by atoms with Crippen molar-refractivity contribution in [3.8, 4) is 0 Å². The highest BCUT2D eigenvalue weighted by Crippen LogP contribution is 2.36. The van der Waals surface area contributed by atoms with Gasteiger partial charge in [-0.05, 0) is 64.2 Å². The molecule has 0 aromatic heterocycles. The highest BCUT2D eigenvalue weighted by Gasteiger charge is 2.22. The monoisotopic (exact) mass is 658 g/mol. The summed E-state index contributed by atoms with van der Waals surface area (Å²) in [7, 11) is -4.75. The van der Waals surface area contributed by atoms with Gasteiger partial charge in [0.05, 0.1) is 6.61 Å². The molecule has 8 nitrogen and oxygen atoms in total. The van der Waals surface area contributed by atoms with Crippen LogP contribution in [0, 0.1) is 0 Å². The van der Waals surface area contributed by atoms with Crippen molar-refractivity contribution in [1.29, 1.82) is 0 Å². The molecule has 0 aliphatic carbocycles. The van der Waals surface area contributed by atoms with Gasteiger partial charge in [-0.3, -0.25) is 14.1 Å². The van der Waals surface area contributed by atoms with E-state index in [-0.39, 0.29) is 19.4 Å². The Hall–Kier alpha value is -1.47. The van der Waals surface area contributed by atoms with E-state index in [0.29, 0.717) is 12.8 Å². The zero-order valence-corrected chi connectivity index (χ0v) is 29.7. The van der Waals surface area contributed by atoms with Crippen LogP contribution in [0.2, 0.25) is 0 Å². The number of phosphoric ester groups is 1. The molecule has 0 spiro atoms. The van der Waals surface area contributed by atoms with Gasteiger partial charge in [0.25, 0.3) is 0 Å². The normalized spacial score (nSPS) is 12.7. The number of ether oxygens (including phenoxy) is 2.